The maximum Gasteiger partial charge on any atom is 0.417 e. The fraction of sp³-hybridized carbons (Fsp3) is 0.429. The van der Waals surface area contributed by atoms with Crippen molar-refractivity contribution >= 4 is 22.8 Å². The molecule has 1 atom stereocenters. The molecule has 0 aliphatic carbocycles. The quantitative estimate of drug-likeness (QED) is 0.172. The highest BCUT2D eigenvalue weighted by Crippen LogP contribution is 2.45. The zero-order chi connectivity index (χ0) is 29.0. The number of H-pyrrole nitrogens is 1. The number of fused-ring (bicyclic) bond motifs is 1. The molecule has 11 heteroatoms. The molecule has 0 aliphatic heterocycles. The minimum atomic E-state index is -5.00. The number of alkyl halides is 3. The molecule has 0 saturated carbocycles. The van der Waals surface area contributed by atoms with Gasteiger partial charge in [0.2, 0.25) is 0 Å². The Hall–Kier alpha value is -3.60. The van der Waals surface area contributed by atoms with Gasteiger partial charge < -0.3 is 24.9 Å². The number of esters is 1. The summed E-state index contributed by atoms with van der Waals surface area (Å²) in [6, 6.07) is 9.67. The van der Waals surface area contributed by atoms with Crippen LogP contribution in [0.1, 0.15) is 54.7 Å². The van der Waals surface area contributed by atoms with Crippen LogP contribution in [0.3, 0.4) is 0 Å². The van der Waals surface area contributed by atoms with E-state index in [2.05, 4.69) is 15.0 Å². The molecule has 0 radical (unpaired) electrons. The molecule has 3 N–H and O–H groups in total. The van der Waals surface area contributed by atoms with E-state index in [0.29, 0.717) is 17.3 Å². The molecule has 1 heterocycles. The molecule has 0 saturated heterocycles. The number of halogens is 4. The van der Waals surface area contributed by atoms with E-state index < -0.39 is 41.8 Å². The summed E-state index contributed by atoms with van der Waals surface area (Å²) < 4.78 is 66.6. The second kappa shape index (κ2) is 11.6. The number of amides is 1. The van der Waals surface area contributed by atoms with E-state index >= 15 is 0 Å². The smallest absolute Gasteiger partial charge is 0.417 e. The zero-order valence-corrected chi connectivity index (χ0v) is 22.2. The van der Waals surface area contributed by atoms with Crippen LogP contribution in [0.4, 0.5) is 17.6 Å². The summed E-state index contributed by atoms with van der Waals surface area (Å²) in [6.45, 7) is 3.22. The number of aromatic nitrogens is 1. The van der Waals surface area contributed by atoms with Crippen LogP contribution in [-0.4, -0.2) is 54.5 Å². The molecule has 0 spiro atoms. The number of rotatable bonds is 11. The number of ether oxygens (including phenoxy) is 2. The minimum absolute atomic E-state index is 0.113. The third-order valence-corrected chi connectivity index (χ3v) is 6.65. The molecule has 1 unspecified atom stereocenters. The monoisotopic (exact) mass is 552 g/mol. The molecule has 0 bridgehead atoms. The summed E-state index contributed by atoms with van der Waals surface area (Å²) in [6.07, 6.45) is -6.01. The van der Waals surface area contributed by atoms with Gasteiger partial charge in [0.15, 0.2) is 5.60 Å². The number of methoxy groups -OCH3 is 2. The van der Waals surface area contributed by atoms with Crippen LogP contribution in [-0.2, 0) is 21.4 Å². The van der Waals surface area contributed by atoms with Crippen LogP contribution >= 0.6 is 0 Å². The first-order valence-corrected chi connectivity index (χ1v) is 12.3. The average Bonchev–Trinajstić information content (AvgIpc) is 3.26. The highest BCUT2D eigenvalue weighted by molar-refractivity contribution is 5.98. The Morgan fingerprint density at radius 2 is 1.77 bits per heavy atom. The number of carbonyl (C=O) groups excluding carboxylic acids is 2. The lowest BCUT2D eigenvalue weighted by atomic mass is 9.73. The first kappa shape index (κ1) is 29.9. The van der Waals surface area contributed by atoms with Crippen molar-refractivity contribution < 1.29 is 41.7 Å². The van der Waals surface area contributed by atoms with Gasteiger partial charge in [0, 0.05) is 47.1 Å². The molecule has 0 aliphatic rings. The Morgan fingerprint density at radius 3 is 2.41 bits per heavy atom. The summed E-state index contributed by atoms with van der Waals surface area (Å²) in [4.78, 5) is 26.5. The predicted molar refractivity (Wildman–Crippen MR) is 137 cm³/mol. The molecule has 3 aromatic rings. The lowest BCUT2D eigenvalue weighted by molar-refractivity contribution is -0.266. The van der Waals surface area contributed by atoms with Crippen molar-refractivity contribution in [3.63, 3.8) is 0 Å². The number of aromatic amines is 1. The van der Waals surface area contributed by atoms with Gasteiger partial charge in [0.1, 0.15) is 11.6 Å². The molecule has 0 fully saturated rings. The molecular formula is C28H32F4N2O5. The van der Waals surface area contributed by atoms with E-state index in [1.807, 2.05) is 0 Å². The van der Waals surface area contributed by atoms with Gasteiger partial charge in [0.05, 0.1) is 14.2 Å². The lowest BCUT2D eigenvalue weighted by Crippen LogP contribution is -2.51. The van der Waals surface area contributed by atoms with Gasteiger partial charge in [-0.1, -0.05) is 13.8 Å². The molecule has 3 rings (SSSR count). The summed E-state index contributed by atoms with van der Waals surface area (Å²) in [5.74, 6) is -1.20. The Kier molecular flexibility index (Phi) is 8.94. The van der Waals surface area contributed by atoms with Crippen molar-refractivity contribution in [1.82, 2.24) is 10.3 Å². The molecular weight excluding hydrogens is 520 g/mol. The fourth-order valence-electron chi connectivity index (χ4n) is 4.68. The highest BCUT2D eigenvalue weighted by Gasteiger charge is 2.56. The van der Waals surface area contributed by atoms with Crippen molar-refractivity contribution in [3.8, 4) is 5.75 Å². The van der Waals surface area contributed by atoms with Gasteiger partial charge in [0.25, 0.3) is 5.91 Å². The Bertz CT molecular complexity index is 1340. The van der Waals surface area contributed by atoms with Crippen molar-refractivity contribution in [1.29, 1.82) is 0 Å². The second-order valence-electron chi connectivity index (χ2n) is 10.1. The van der Waals surface area contributed by atoms with Crippen LogP contribution in [0.2, 0.25) is 0 Å². The van der Waals surface area contributed by atoms with Crippen LogP contribution in [0.5, 0.6) is 5.75 Å². The first-order valence-electron chi connectivity index (χ1n) is 12.3. The van der Waals surface area contributed by atoms with Crippen molar-refractivity contribution in [2.24, 2.45) is 0 Å². The largest absolute Gasteiger partial charge is 0.496 e. The number of hydrogen-bond acceptors (Lipinski definition) is 5. The molecule has 2 aromatic carbocycles. The van der Waals surface area contributed by atoms with Gasteiger partial charge in [-0.25, -0.2) is 4.39 Å². The van der Waals surface area contributed by atoms with Gasteiger partial charge in [-0.15, -0.1) is 0 Å². The van der Waals surface area contributed by atoms with Crippen molar-refractivity contribution in [2.75, 3.05) is 20.8 Å². The van der Waals surface area contributed by atoms with E-state index in [0.717, 1.165) is 12.1 Å². The number of hydrogen-bond donors (Lipinski definition) is 3. The second-order valence-corrected chi connectivity index (χ2v) is 10.1. The van der Waals surface area contributed by atoms with Gasteiger partial charge >= 0.3 is 12.1 Å². The first-order chi connectivity index (χ1) is 18.2. The molecule has 7 nitrogen and oxygen atoms in total. The van der Waals surface area contributed by atoms with E-state index in [1.165, 1.54) is 52.3 Å². The number of benzene rings is 2. The van der Waals surface area contributed by atoms with Crippen LogP contribution in [0.15, 0.2) is 42.5 Å². The third kappa shape index (κ3) is 7.08. The minimum Gasteiger partial charge on any atom is -0.496 e. The number of aliphatic hydroxyl groups is 1. The summed E-state index contributed by atoms with van der Waals surface area (Å²) in [5, 5.41) is 14.2. The van der Waals surface area contributed by atoms with E-state index in [1.54, 1.807) is 6.07 Å². The Labute approximate surface area is 223 Å². The van der Waals surface area contributed by atoms with Crippen LogP contribution < -0.4 is 10.1 Å². The normalized spacial score (nSPS) is 13.7. The van der Waals surface area contributed by atoms with Crippen molar-refractivity contribution in [2.45, 2.75) is 56.7 Å². The maximum atomic E-state index is 14.3. The molecule has 212 valence electrons. The van der Waals surface area contributed by atoms with Crippen LogP contribution in [0.25, 0.3) is 10.9 Å². The van der Waals surface area contributed by atoms with E-state index in [4.69, 9.17) is 4.74 Å². The third-order valence-electron chi connectivity index (χ3n) is 6.65. The number of carbonyl (C=O) groups is 2. The SMILES string of the molecule is COC(=O)CCCNC(=O)c1ccc2[nH]c(CC(O)(CC(C)(C)c3cc(F)ccc3OC)C(F)(F)F)cc2c1. The standard InChI is InChI=1S/C28H32F4N2O5/c1-26(2,21-14-19(29)8-10-23(21)38-3)16-27(37,28(30,31)32)15-20-13-18-12-17(7-9-22(18)34-20)25(36)33-11-5-6-24(35)39-4/h7-10,12-14,34,37H,5-6,11,15-16H2,1-4H3,(H,33,36). The Morgan fingerprint density at radius 1 is 1.05 bits per heavy atom. The van der Waals surface area contributed by atoms with Crippen LogP contribution in [0, 0.1) is 5.82 Å². The van der Waals surface area contributed by atoms with Gasteiger partial charge in [-0.05, 0) is 60.7 Å². The van der Waals surface area contributed by atoms with Crippen molar-refractivity contribution in [3.05, 3.63) is 65.1 Å². The summed E-state index contributed by atoms with van der Waals surface area (Å²) in [5.41, 5.74) is -3.38. The van der Waals surface area contributed by atoms with Gasteiger partial charge in [-0.2, -0.15) is 13.2 Å². The average molecular weight is 553 g/mol. The molecule has 1 aromatic heterocycles. The fourth-order valence-corrected chi connectivity index (χ4v) is 4.68. The zero-order valence-electron chi connectivity index (χ0n) is 22.2. The van der Waals surface area contributed by atoms with E-state index in [-0.39, 0.29) is 41.5 Å². The summed E-state index contributed by atoms with van der Waals surface area (Å²) >= 11 is 0. The van der Waals surface area contributed by atoms with E-state index in [9.17, 15) is 32.3 Å². The summed E-state index contributed by atoms with van der Waals surface area (Å²) in [7, 11) is 2.61. The molecule has 39 heavy (non-hydrogen) atoms. The lowest BCUT2D eigenvalue weighted by Gasteiger charge is -2.38. The van der Waals surface area contributed by atoms with Gasteiger partial charge in [-0.3, -0.25) is 9.59 Å². The number of nitrogens with one attached hydrogen (secondary N) is 2. The predicted octanol–water partition coefficient (Wildman–Crippen LogP) is 5.20. The molecule has 1 amide bonds. The Balaban J connectivity index is 1.82. The maximum absolute atomic E-state index is 14.3. The highest BCUT2D eigenvalue weighted by atomic mass is 19.4. The topological polar surface area (TPSA) is 101 Å².